The minimum atomic E-state index is -0.195. The number of piperazine rings is 1. The molecule has 1 aromatic rings. The third-order valence-electron chi connectivity index (χ3n) is 6.69. The van der Waals surface area contributed by atoms with Crippen LogP contribution in [0.2, 0.25) is 0 Å². The number of carbonyl (C=O) groups is 2. The lowest BCUT2D eigenvalue weighted by Gasteiger charge is -2.34. The highest BCUT2D eigenvalue weighted by atomic mass is 16.5. The molecular weight excluding hydrogens is 358 g/mol. The van der Waals surface area contributed by atoms with E-state index in [2.05, 4.69) is 19.8 Å². The highest BCUT2D eigenvalue weighted by molar-refractivity contribution is 6.06. The summed E-state index contributed by atoms with van der Waals surface area (Å²) in [6.45, 7) is 5.40. The van der Waals surface area contributed by atoms with Crippen molar-refractivity contribution in [1.82, 2.24) is 19.8 Å². The van der Waals surface area contributed by atoms with Gasteiger partial charge in [0.15, 0.2) is 0 Å². The van der Waals surface area contributed by atoms with E-state index < -0.39 is 0 Å². The normalized spacial score (nSPS) is 32.4. The maximum absolute atomic E-state index is 12.7. The summed E-state index contributed by atoms with van der Waals surface area (Å²) in [5, 5.41) is 0. The molecule has 0 aromatic carbocycles. The third-order valence-corrected chi connectivity index (χ3v) is 6.69. The molecule has 0 aliphatic carbocycles. The van der Waals surface area contributed by atoms with E-state index in [1.54, 1.807) is 12.4 Å². The molecule has 28 heavy (non-hydrogen) atoms. The molecule has 0 spiro atoms. The van der Waals surface area contributed by atoms with Gasteiger partial charge < -0.3 is 9.64 Å². The average molecular weight is 385 g/mol. The number of fused-ring (bicyclic) bond motifs is 5. The van der Waals surface area contributed by atoms with Crippen molar-refractivity contribution in [2.24, 2.45) is 11.8 Å². The summed E-state index contributed by atoms with van der Waals surface area (Å²) >= 11 is 0. The smallest absolute Gasteiger partial charge is 0.235 e. The quantitative estimate of drug-likeness (QED) is 0.522. The molecule has 0 unspecified atom stereocenters. The molecule has 4 aliphatic heterocycles. The van der Waals surface area contributed by atoms with Crippen LogP contribution in [0.5, 0.6) is 0 Å². The van der Waals surface area contributed by atoms with E-state index in [0.717, 1.165) is 64.4 Å². The van der Waals surface area contributed by atoms with Gasteiger partial charge in [0, 0.05) is 45.1 Å². The molecule has 4 aliphatic rings. The van der Waals surface area contributed by atoms with Crippen LogP contribution in [0.25, 0.3) is 0 Å². The first-order valence-corrected chi connectivity index (χ1v) is 10.5. The molecule has 4 atom stereocenters. The second-order valence-electron chi connectivity index (χ2n) is 8.25. The van der Waals surface area contributed by atoms with E-state index >= 15 is 0 Å². The number of rotatable bonds is 6. The predicted molar refractivity (Wildman–Crippen MR) is 102 cm³/mol. The molecule has 4 fully saturated rings. The standard InChI is InChI=1S/C20H27N5O3/c26-18-16-14-4-5-15(28-14)17(16)19(27)25(18)9-2-1-8-23-10-12-24(13-11-23)20-21-6-3-7-22-20/h3,6-7,14-17H,1-2,4-5,8-13H2/t14-,15+,16-,17+. The average Bonchev–Trinajstić information content (AvgIpc) is 3.41. The number of carbonyl (C=O) groups excluding carboxylic acids is 2. The topological polar surface area (TPSA) is 78.9 Å². The fraction of sp³-hybridized carbons (Fsp3) is 0.700. The van der Waals surface area contributed by atoms with Crippen molar-refractivity contribution >= 4 is 17.8 Å². The number of aromatic nitrogens is 2. The molecule has 0 radical (unpaired) electrons. The Morgan fingerprint density at radius 3 is 2.14 bits per heavy atom. The predicted octanol–water partition coefficient (Wildman–Crippen LogP) is 0.541. The number of hydrogen-bond acceptors (Lipinski definition) is 7. The molecule has 2 amide bonds. The first-order chi connectivity index (χ1) is 13.7. The van der Waals surface area contributed by atoms with Gasteiger partial charge in [-0.05, 0) is 38.3 Å². The van der Waals surface area contributed by atoms with E-state index in [1.165, 1.54) is 4.90 Å². The van der Waals surface area contributed by atoms with E-state index in [4.69, 9.17) is 4.74 Å². The maximum Gasteiger partial charge on any atom is 0.235 e. The zero-order chi connectivity index (χ0) is 19.1. The number of amides is 2. The molecule has 0 saturated carbocycles. The van der Waals surface area contributed by atoms with Gasteiger partial charge in [-0.25, -0.2) is 9.97 Å². The van der Waals surface area contributed by atoms with Crippen LogP contribution < -0.4 is 4.90 Å². The molecule has 150 valence electrons. The molecule has 4 saturated heterocycles. The summed E-state index contributed by atoms with van der Waals surface area (Å²) in [5.74, 6) is 0.438. The number of imide groups is 1. The number of hydrogen-bond donors (Lipinski definition) is 0. The van der Waals surface area contributed by atoms with E-state index in [0.29, 0.717) is 6.54 Å². The van der Waals surface area contributed by atoms with Crippen LogP contribution in [-0.4, -0.2) is 83.1 Å². The highest BCUT2D eigenvalue weighted by Crippen LogP contribution is 2.48. The van der Waals surface area contributed by atoms with Gasteiger partial charge in [0.25, 0.3) is 0 Å². The van der Waals surface area contributed by atoms with Gasteiger partial charge in [-0.3, -0.25) is 19.4 Å². The second kappa shape index (κ2) is 7.40. The van der Waals surface area contributed by atoms with Crippen molar-refractivity contribution in [3.63, 3.8) is 0 Å². The SMILES string of the molecule is O=C1[C@@H]2[C@H](C(=O)N1CCCCN1CCN(c3ncccn3)CC1)[C@H]1CC[C@@H]2O1. The Bertz CT molecular complexity index is 709. The Morgan fingerprint density at radius 1 is 0.893 bits per heavy atom. The minimum Gasteiger partial charge on any atom is -0.373 e. The lowest BCUT2D eigenvalue weighted by Crippen LogP contribution is -2.47. The molecule has 5 heterocycles. The summed E-state index contributed by atoms with van der Waals surface area (Å²) in [5.41, 5.74) is 0. The number of likely N-dealkylation sites (tertiary alicyclic amines) is 1. The van der Waals surface area contributed by atoms with Gasteiger partial charge in [0.2, 0.25) is 17.8 Å². The summed E-state index contributed by atoms with van der Waals surface area (Å²) in [6.07, 6.45) is 7.26. The van der Waals surface area contributed by atoms with E-state index in [1.807, 2.05) is 6.07 Å². The molecule has 2 bridgehead atoms. The van der Waals surface area contributed by atoms with Gasteiger partial charge in [-0.1, -0.05) is 0 Å². The Labute approximate surface area is 164 Å². The zero-order valence-electron chi connectivity index (χ0n) is 16.1. The number of ether oxygens (including phenoxy) is 1. The molecule has 0 N–H and O–H groups in total. The summed E-state index contributed by atoms with van der Waals surface area (Å²) < 4.78 is 5.79. The first-order valence-electron chi connectivity index (χ1n) is 10.5. The van der Waals surface area contributed by atoms with Gasteiger partial charge in [0.1, 0.15) is 0 Å². The number of unbranched alkanes of at least 4 members (excludes halogenated alkanes) is 1. The third kappa shape index (κ3) is 3.08. The van der Waals surface area contributed by atoms with Crippen LogP contribution in [0.1, 0.15) is 25.7 Å². The zero-order valence-corrected chi connectivity index (χ0v) is 16.1. The van der Waals surface area contributed by atoms with Crippen LogP contribution in [0.3, 0.4) is 0 Å². The van der Waals surface area contributed by atoms with Gasteiger partial charge in [-0.2, -0.15) is 0 Å². The Kier molecular flexibility index (Phi) is 4.76. The number of nitrogens with zero attached hydrogens (tertiary/aromatic N) is 5. The van der Waals surface area contributed by atoms with Crippen molar-refractivity contribution in [2.45, 2.75) is 37.9 Å². The van der Waals surface area contributed by atoms with Crippen molar-refractivity contribution in [3.8, 4) is 0 Å². The van der Waals surface area contributed by atoms with Gasteiger partial charge >= 0.3 is 0 Å². The van der Waals surface area contributed by atoms with Crippen LogP contribution in [0.15, 0.2) is 18.5 Å². The van der Waals surface area contributed by atoms with Crippen LogP contribution in [-0.2, 0) is 14.3 Å². The maximum atomic E-state index is 12.7. The van der Waals surface area contributed by atoms with Crippen molar-refractivity contribution < 1.29 is 14.3 Å². The van der Waals surface area contributed by atoms with Gasteiger partial charge in [-0.15, -0.1) is 0 Å². The fourth-order valence-corrected chi connectivity index (χ4v) is 5.23. The molecule has 1 aromatic heterocycles. The summed E-state index contributed by atoms with van der Waals surface area (Å²) in [7, 11) is 0. The molecule has 8 heteroatoms. The van der Waals surface area contributed by atoms with Gasteiger partial charge in [0.05, 0.1) is 24.0 Å². The Balaban J connectivity index is 1.05. The molecular formula is C20H27N5O3. The first kappa shape index (κ1) is 18.0. The Morgan fingerprint density at radius 2 is 1.50 bits per heavy atom. The fourth-order valence-electron chi connectivity index (χ4n) is 5.23. The lowest BCUT2D eigenvalue weighted by molar-refractivity contribution is -0.142. The lowest BCUT2D eigenvalue weighted by atomic mass is 9.81. The summed E-state index contributed by atoms with van der Waals surface area (Å²) in [6, 6.07) is 1.83. The van der Waals surface area contributed by atoms with Crippen LogP contribution in [0, 0.1) is 11.8 Å². The monoisotopic (exact) mass is 385 g/mol. The highest BCUT2D eigenvalue weighted by Gasteiger charge is 2.62. The second-order valence-corrected chi connectivity index (χ2v) is 8.25. The molecule has 5 rings (SSSR count). The van der Waals surface area contributed by atoms with Crippen molar-refractivity contribution in [1.29, 1.82) is 0 Å². The van der Waals surface area contributed by atoms with Crippen molar-refractivity contribution in [2.75, 3.05) is 44.2 Å². The largest absolute Gasteiger partial charge is 0.373 e. The number of anilines is 1. The molecule has 8 nitrogen and oxygen atoms in total. The van der Waals surface area contributed by atoms with Crippen LogP contribution >= 0.6 is 0 Å². The summed E-state index contributed by atoms with van der Waals surface area (Å²) in [4.78, 5) is 40.1. The van der Waals surface area contributed by atoms with E-state index in [-0.39, 0.29) is 35.9 Å². The minimum absolute atomic E-state index is 0.0126. The van der Waals surface area contributed by atoms with Crippen molar-refractivity contribution in [3.05, 3.63) is 18.5 Å². The van der Waals surface area contributed by atoms with E-state index in [9.17, 15) is 9.59 Å². The van der Waals surface area contributed by atoms with Crippen LogP contribution in [0.4, 0.5) is 5.95 Å². The Hall–Kier alpha value is -2.06.